The van der Waals surface area contributed by atoms with Crippen LogP contribution >= 0.6 is 34.5 Å². The lowest BCUT2D eigenvalue weighted by Gasteiger charge is -2.13. The Balaban J connectivity index is 1.61. The number of hydrogen-bond donors (Lipinski definition) is 2. The van der Waals surface area contributed by atoms with Crippen LogP contribution in [0.15, 0.2) is 36.4 Å². The van der Waals surface area contributed by atoms with Crippen molar-refractivity contribution < 1.29 is 14.4 Å². The Kier molecular flexibility index (Phi) is 7.17. The highest BCUT2D eigenvalue weighted by Gasteiger charge is 2.11. The van der Waals surface area contributed by atoms with Gasteiger partial charge in [0.2, 0.25) is 0 Å². The minimum atomic E-state index is 0.00450. The van der Waals surface area contributed by atoms with E-state index in [0.29, 0.717) is 24.7 Å². The van der Waals surface area contributed by atoms with Gasteiger partial charge in [-0.1, -0.05) is 23.2 Å². The molecule has 1 aromatic heterocycles. The van der Waals surface area contributed by atoms with Gasteiger partial charge < -0.3 is 15.0 Å². The van der Waals surface area contributed by atoms with Crippen LogP contribution in [0.1, 0.15) is 4.88 Å². The molecule has 7 heteroatoms. The highest BCUT2D eigenvalue weighted by molar-refractivity contribution is 7.16. The van der Waals surface area contributed by atoms with Crippen LogP contribution in [0.2, 0.25) is 9.36 Å². The number of hydrogen-bond acceptors (Lipinski definition) is 3. The molecule has 0 fully saturated rings. The number of likely N-dealkylation sites (N-methyl/N-ethyl adjacent to an activating group) is 1. The third-order valence-corrected chi connectivity index (χ3v) is 4.56. The first kappa shape index (κ1) is 18.1. The number of halogens is 2. The third kappa shape index (κ3) is 6.79. The summed E-state index contributed by atoms with van der Waals surface area (Å²) in [7, 11) is 1.98. The van der Waals surface area contributed by atoms with Gasteiger partial charge in [0.1, 0.15) is 18.9 Å². The van der Waals surface area contributed by atoms with E-state index in [2.05, 4.69) is 5.32 Å². The number of benzene rings is 1. The quantitative estimate of drug-likeness (QED) is 0.697. The van der Waals surface area contributed by atoms with Crippen LogP contribution in [0.3, 0.4) is 0 Å². The standard InChI is InChI=1S/C16H18Cl2N2O2S/c1-20(10-14-6-7-15(18)23-14)11-16(21)19-8-9-22-13-4-2-12(17)3-5-13/h2-7H,8-11H2,1H3,(H,19,21)/p+1. The zero-order chi connectivity index (χ0) is 16.7. The summed E-state index contributed by atoms with van der Waals surface area (Å²) in [6.45, 7) is 2.09. The van der Waals surface area contributed by atoms with Crippen LogP contribution in [0, 0.1) is 0 Å². The molecule has 1 heterocycles. The zero-order valence-corrected chi connectivity index (χ0v) is 15.1. The number of amides is 1. The highest BCUT2D eigenvalue weighted by atomic mass is 35.5. The Labute approximate surface area is 150 Å². The average molecular weight is 374 g/mol. The lowest BCUT2D eigenvalue weighted by molar-refractivity contribution is -0.885. The number of thiophene rings is 1. The van der Waals surface area contributed by atoms with Gasteiger partial charge in [0, 0.05) is 5.02 Å². The Bertz CT molecular complexity index is 631. The van der Waals surface area contributed by atoms with Crippen LogP contribution in [0.4, 0.5) is 0 Å². The van der Waals surface area contributed by atoms with Crippen LogP contribution in [-0.4, -0.2) is 32.7 Å². The van der Waals surface area contributed by atoms with Crippen molar-refractivity contribution in [1.29, 1.82) is 0 Å². The van der Waals surface area contributed by atoms with Crippen molar-refractivity contribution in [3.05, 3.63) is 50.6 Å². The molecule has 2 aromatic rings. The molecule has 0 saturated carbocycles. The molecule has 0 saturated heterocycles. The normalized spacial score (nSPS) is 12.0. The SMILES string of the molecule is C[NH+](CC(=O)NCCOc1ccc(Cl)cc1)Cc1ccc(Cl)s1. The van der Waals surface area contributed by atoms with Gasteiger partial charge in [0.05, 0.1) is 22.8 Å². The predicted molar refractivity (Wildman–Crippen MR) is 94.7 cm³/mol. The molecule has 2 N–H and O–H groups in total. The Morgan fingerprint density at radius 2 is 1.96 bits per heavy atom. The molecule has 1 atom stereocenters. The van der Waals surface area contributed by atoms with E-state index < -0.39 is 0 Å². The largest absolute Gasteiger partial charge is 0.492 e. The van der Waals surface area contributed by atoms with Gasteiger partial charge in [-0.05, 0) is 36.4 Å². The van der Waals surface area contributed by atoms with Gasteiger partial charge >= 0.3 is 0 Å². The van der Waals surface area contributed by atoms with E-state index in [9.17, 15) is 4.79 Å². The predicted octanol–water partition coefficient (Wildman–Crippen LogP) is 2.26. The van der Waals surface area contributed by atoms with E-state index >= 15 is 0 Å². The molecule has 1 aromatic carbocycles. The van der Waals surface area contributed by atoms with E-state index in [1.807, 2.05) is 19.2 Å². The number of rotatable bonds is 8. The molecule has 23 heavy (non-hydrogen) atoms. The van der Waals surface area contributed by atoms with E-state index in [1.165, 1.54) is 4.88 Å². The molecule has 1 amide bonds. The zero-order valence-electron chi connectivity index (χ0n) is 12.8. The summed E-state index contributed by atoms with van der Waals surface area (Å²) in [5.41, 5.74) is 0. The maximum Gasteiger partial charge on any atom is 0.275 e. The lowest BCUT2D eigenvalue weighted by Crippen LogP contribution is -3.08. The van der Waals surface area contributed by atoms with Gasteiger partial charge in [0.15, 0.2) is 6.54 Å². The summed E-state index contributed by atoms with van der Waals surface area (Å²) >= 11 is 13.2. The second kappa shape index (κ2) is 9.13. The summed E-state index contributed by atoms with van der Waals surface area (Å²) < 4.78 is 6.30. The molecule has 2 rings (SSSR count). The van der Waals surface area contributed by atoms with Crippen LogP contribution < -0.4 is 15.0 Å². The van der Waals surface area contributed by atoms with Crippen molar-refractivity contribution in [1.82, 2.24) is 5.32 Å². The van der Waals surface area contributed by atoms with Gasteiger partial charge in [-0.2, -0.15) is 0 Å². The second-order valence-corrected chi connectivity index (χ2v) is 7.40. The molecule has 1 unspecified atom stereocenters. The first-order valence-electron chi connectivity index (χ1n) is 7.23. The monoisotopic (exact) mass is 373 g/mol. The number of ether oxygens (including phenoxy) is 1. The number of carbonyl (C=O) groups excluding carboxylic acids is 1. The maximum atomic E-state index is 11.9. The minimum Gasteiger partial charge on any atom is -0.492 e. The molecule has 0 aliphatic rings. The topological polar surface area (TPSA) is 42.8 Å². The van der Waals surface area contributed by atoms with Crippen LogP contribution in [-0.2, 0) is 11.3 Å². The number of nitrogens with one attached hydrogen (secondary N) is 2. The fourth-order valence-electron chi connectivity index (χ4n) is 2.03. The van der Waals surface area contributed by atoms with Crippen molar-refractivity contribution in [2.75, 3.05) is 26.7 Å². The van der Waals surface area contributed by atoms with Crippen molar-refractivity contribution in [3.63, 3.8) is 0 Å². The van der Waals surface area contributed by atoms with Crippen LogP contribution in [0.25, 0.3) is 0 Å². The van der Waals surface area contributed by atoms with Gasteiger partial charge in [-0.3, -0.25) is 4.79 Å². The molecule has 0 bridgehead atoms. The fraction of sp³-hybridized carbons (Fsp3) is 0.312. The maximum absolute atomic E-state index is 11.9. The Hall–Kier alpha value is -1.27. The summed E-state index contributed by atoms with van der Waals surface area (Å²) in [4.78, 5) is 14.2. The molecular weight excluding hydrogens is 355 g/mol. The Morgan fingerprint density at radius 3 is 2.61 bits per heavy atom. The van der Waals surface area contributed by atoms with Gasteiger partial charge in [-0.15, -0.1) is 11.3 Å². The third-order valence-electron chi connectivity index (χ3n) is 3.07. The van der Waals surface area contributed by atoms with Crippen molar-refractivity contribution in [3.8, 4) is 5.75 Å². The van der Waals surface area contributed by atoms with Crippen molar-refractivity contribution >= 4 is 40.4 Å². The molecule has 4 nitrogen and oxygen atoms in total. The highest BCUT2D eigenvalue weighted by Crippen LogP contribution is 2.20. The fourth-order valence-corrected chi connectivity index (χ4v) is 3.36. The summed E-state index contributed by atoms with van der Waals surface area (Å²) in [5, 5.41) is 3.52. The molecule has 0 radical (unpaired) electrons. The second-order valence-electron chi connectivity index (χ2n) is 5.17. The minimum absolute atomic E-state index is 0.00450. The van der Waals surface area contributed by atoms with Gasteiger partial charge in [0.25, 0.3) is 5.91 Å². The van der Waals surface area contributed by atoms with E-state index in [-0.39, 0.29) is 5.91 Å². The van der Waals surface area contributed by atoms with Crippen LogP contribution in [0.5, 0.6) is 5.75 Å². The molecule has 124 valence electrons. The van der Waals surface area contributed by atoms with E-state index in [1.54, 1.807) is 35.6 Å². The molecule has 0 aliphatic carbocycles. The van der Waals surface area contributed by atoms with E-state index in [0.717, 1.165) is 21.5 Å². The summed E-state index contributed by atoms with van der Waals surface area (Å²) in [5.74, 6) is 0.742. The summed E-state index contributed by atoms with van der Waals surface area (Å²) in [6, 6.07) is 11.0. The first-order valence-corrected chi connectivity index (χ1v) is 8.81. The lowest BCUT2D eigenvalue weighted by atomic mass is 10.3. The average Bonchev–Trinajstić information content (AvgIpc) is 2.90. The summed E-state index contributed by atoms with van der Waals surface area (Å²) in [6.07, 6.45) is 0. The van der Waals surface area contributed by atoms with Gasteiger partial charge in [-0.25, -0.2) is 0 Å². The molecule has 0 aliphatic heterocycles. The number of carbonyl (C=O) groups is 1. The first-order chi connectivity index (χ1) is 11.0. The van der Waals surface area contributed by atoms with Crippen molar-refractivity contribution in [2.24, 2.45) is 0 Å². The molecule has 0 spiro atoms. The smallest absolute Gasteiger partial charge is 0.275 e. The number of quaternary nitrogens is 1. The van der Waals surface area contributed by atoms with Crippen molar-refractivity contribution in [2.45, 2.75) is 6.54 Å². The Morgan fingerprint density at radius 1 is 1.22 bits per heavy atom. The molecular formula is C16H19Cl2N2O2S+. The van der Waals surface area contributed by atoms with E-state index in [4.69, 9.17) is 27.9 Å².